The molecule has 0 unspecified atom stereocenters. The van der Waals surface area contributed by atoms with Crippen LogP contribution in [0.25, 0.3) is 56.1 Å². The van der Waals surface area contributed by atoms with E-state index in [2.05, 4.69) is 84.9 Å². The quantitative estimate of drug-likeness (QED) is 0.199. The molecule has 46 heavy (non-hydrogen) atoms. The minimum Gasteiger partial charge on any atom is -0.208 e. The second-order valence-electron chi connectivity index (χ2n) is 13.9. The van der Waals surface area contributed by atoms with Crippen LogP contribution < -0.4 is 0 Å². The highest BCUT2D eigenvalue weighted by Gasteiger charge is 2.51. The van der Waals surface area contributed by atoms with Gasteiger partial charge in [0.25, 0.3) is 0 Å². The molecule has 4 saturated carbocycles. The largest absolute Gasteiger partial charge is 0.208 e. The molecule has 0 saturated heterocycles. The lowest BCUT2D eigenvalue weighted by molar-refractivity contribution is -0.00518. The van der Waals surface area contributed by atoms with Crippen molar-refractivity contribution in [2.24, 2.45) is 17.8 Å². The Kier molecular flexibility index (Phi) is 6.35. The van der Waals surface area contributed by atoms with Crippen molar-refractivity contribution in [1.29, 1.82) is 5.26 Å². The van der Waals surface area contributed by atoms with Crippen molar-refractivity contribution in [3.63, 3.8) is 0 Å². The molecule has 0 amide bonds. The van der Waals surface area contributed by atoms with E-state index in [1.165, 1.54) is 44.1 Å². The number of hydrogen-bond acceptors (Lipinski definition) is 4. The van der Waals surface area contributed by atoms with E-state index in [4.69, 9.17) is 15.0 Å². The Morgan fingerprint density at radius 2 is 1.13 bits per heavy atom. The molecule has 0 atom stereocenters. The van der Waals surface area contributed by atoms with Crippen LogP contribution in [0.5, 0.6) is 0 Å². The monoisotopic (exact) mass is 594 g/mol. The summed E-state index contributed by atoms with van der Waals surface area (Å²) in [6.07, 6.45) is 8.44. The van der Waals surface area contributed by atoms with E-state index in [-0.39, 0.29) is 0 Å². The molecule has 0 aliphatic heterocycles. The molecular formula is C42H34N4. The summed E-state index contributed by atoms with van der Waals surface area (Å²) in [5.74, 6) is 4.76. The molecule has 0 N–H and O–H groups in total. The fourth-order valence-corrected chi connectivity index (χ4v) is 9.21. The first-order valence-electron chi connectivity index (χ1n) is 16.6. The number of fused-ring (bicyclic) bond motifs is 1. The van der Waals surface area contributed by atoms with Crippen molar-refractivity contribution in [2.75, 3.05) is 0 Å². The van der Waals surface area contributed by atoms with Crippen molar-refractivity contribution in [3.8, 4) is 51.4 Å². The average Bonchev–Trinajstić information content (AvgIpc) is 3.11. The summed E-state index contributed by atoms with van der Waals surface area (Å²) in [6.45, 7) is 0. The van der Waals surface area contributed by atoms with Crippen LogP contribution >= 0.6 is 0 Å². The number of aromatic nitrogens is 3. The van der Waals surface area contributed by atoms with Crippen LogP contribution in [-0.4, -0.2) is 15.0 Å². The van der Waals surface area contributed by atoms with E-state index in [0.717, 1.165) is 56.3 Å². The topological polar surface area (TPSA) is 62.5 Å². The van der Waals surface area contributed by atoms with Gasteiger partial charge in [-0.25, -0.2) is 15.0 Å². The van der Waals surface area contributed by atoms with Gasteiger partial charge in [-0.15, -0.1) is 0 Å². The Morgan fingerprint density at radius 3 is 1.80 bits per heavy atom. The molecule has 6 aromatic rings. The predicted molar refractivity (Wildman–Crippen MR) is 184 cm³/mol. The highest BCUT2D eigenvalue weighted by atomic mass is 15.0. The van der Waals surface area contributed by atoms with Gasteiger partial charge in [-0.1, -0.05) is 97.1 Å². The van der Waals surface area contributed by atoms with E-state index in [0.29, 0.717) is 28.5 Å². The first-order chi connectivity index (χ1) is 22.6. The molecule has 10 rings (SSSR count). The fraction of sp³-hybridized carbons (Fsp3) is 0.238. The molecule has 4 aliphatic carbocycles. The number of nitrogens with zero attached hydrogens (tertiary/aromatic N) is 4. The number of benzene rings is 5. The normalized spacial score (nSPS) is 23.0. The van der Waals surface area contributed by atoms with Gasteiger partial charge >= 0.3 is 0 Å². The maximum absolute atomic E-state index is 9.55. The first kappa shape index (κ1) is 27.2. The highest BCUT2D eigenvalue weighted by Crippen LogP contribution is 2.60. The van der Waals surface area contributed by atoms with Gasteiger partial charge in [-0.2, -0.15) is 5.26 Å². The van der Waals surface area contributed by atoms with Crippen molar-refractivity contribution >= 4 is 10.8 Å². The Balaban J connectivity index is 1.12. The molecular weight excluding hydrogens is 560 g/mol. The molecule has 4 fully saturated rings. The van der Waals surface area contributed by atoms with Gasteiger partial charge < -0.3 is 0 Å². The average molecular weight is 595 g/mol. The number of nitriles is 1. The Bertz CT molecular complexity index is 2110. The predicted octanol–water partition coefficient (Wildman–Crippen LogP) is 10.0. The summed E-state index contributed by atoms with van der Waals surface area (Å²) in [5, 5.41) is 11.7. The maximum Gasteiger partial charge on any atom is 0.164 e. The molecule has 4 aliphatic rings. The molecule has 0 spiro atoms. The van der Waals surface area contributed by atoms with Gasteiger partial charge in [0.1, 0.15) is 0 Å². The molecule has 4 heteroatoms. The SMILES string of the molecule is N#Cc1ccc2cccc(-c3cccc(-c4nc(-c5ccccc5)nc(-c5ccc(C67C[C@H]8C[C@@H](C6)C[C@@H](C7)C8)cc5)n4)c3)c2c1. The van der Waals surface area contributed by atoms with E-state index < -0.39 is 0 Å². The zero-order valence-corrected chi connectivity index (χ0v) is 25.7. The minimum absolute atomic E-state index is 0.364. The van der Waals surface area contributed by atoms with Crippen LogP contribution in [0, 0.1) is 29.1 Å². The summed E-state index contributed by atoms with van der Waals surface area (Å²) >= 11 is 0. The molecule has 4 bridgehead atoms. The molecule has 4 nitrogen and oxygen atoms in total. The zero-order valence-electron chi connectivity index (χ0n) is 25.7. The lowest BCUT2D eigenvalue weighted by Crippen LogP contribution is -2.48. The van der Waals surface area contributed by atoms with Crippen molar-refractivity contribution in [1.82, 2.24) is 15.0 Å². The Hall–Kier alpha value is -5.14. The number of hydrogen-bond donors (Lipinski definition) is 0. The molecule has 222 valence electrons. The molecule has 0 radical (unpaired) electrons. The molecule has 1 heterocycles. The summed E-state index contributed by atoms with van der Waals surface area (Å²) in [4.78, 5) is 15.1. The van der Waals surface area contributed by atoms with Crippen LogP contribution in [0.1, 0.15) is 49.7 Å². The summed E-state index contributed by atoms with van der Waals surface area (Å²) in [7, 11) is 0. The van der Waals surface area contributed by atoms with E-state index >= 15 is 0 Å². The van der Waals surface area contributed by atoms with Gasteiger partial charge in [0.15, 0.2) is 17.5 Å². The lowest BCUT2D eigenvalue weighted by Gasteiger charge is -2.57. The van der Waals surface area contributed by atoms with Crippen molar-refractivity contribution in [2.45, 2.75) is 43.9 Å². The first-order valence-corrected chi connectivity index (χ1v) is 16.6. The Morgan fingerprint density at radius 1 is 0.543 bits per heavy atom. The minimum atomic E-state index is 0.364. The summed E-state index contributed by atoms with van der Waals surface area (Å²) in [6, 6.07) is 42.2. The molecule has 5 aromatic carbocycles. The van der Waals surface area contributed by atoms with Gasteiger partial charge in [0, 0.05) is 16.7 Å². The maximum atomic E-state index is 9.55. The standard InChI is InChI=1S/C42H34N4/c43-26-27-12-13-31-8-5-11-37(38(31)21-27)34-9-4-10-35(22-34)41-45-39(32-6-2-1-3-7-32)44-40(46-41)33-14-16-36(17-15-33)42-23-28-18-29(24-42)20-30(19-28)25-42/h1-17,21-22,28-30H,18-20,23-25H2/t28-,29+,30-,42?. The third-order valence-corrected chi connectivity index (χ3v) is 10.9. The van der Waals surface area contributed by atoms with Crippen LogP contribution in [0.4, 0.5) is 0 Å². The van der Waals surface area contributed by atoms with E-state index in [1.54, 1.807) is 0 Å². The third-order valence-electron chi connectivity index (χ3n) is 10.9. The smallest absolute Gasteiger partial charge is 0.164 e. The second kappa shape index (κ2) is 10.7. The van der Waals surface area contributed by atoms with Gasteiger partial charge in [-0.05, 0) is 107 Å². The second-order valence-corrected chi connectivity index (χ2v) is 13.9. The van der Waals surface area contributed by atoms with Gasteiger partial charge in [-0.3, -0.25) is 0 Å². The molecule has 1 aromatic heterocycles. The highest BCUT2D eigenvalue weighted by molar-refractivity contribution is 5.97. The summed E-state index contributed by atoms with van der Waals surface area (Å²) < 4.78 is 0. The third kappa shape index (κ3) is 4.70. The van der Waals surface area contributed by atoms with Crippen LogP contribution in [0.15, 0.2) is 115 Å². The Labute approximate surface area is 269 Å². The van der Waals surface area contributed by atoms with E-state index in [1.807, 2.05) is 36.4 Å². The van der Waals surface area contributed by atoms with Crippen molar-refractivity contribution < 1.29 is 0 Å². The van der Waals surface area contributed by atoms with Crippen LogP contribution in [0.2, 0.25) is 0 Å². The summed E-state index contributed by atoms with van der Waals surface area (Å²) in [5.41, 5.74) is 7.57. The van der Waals surface area contributed by atoms with Gasteiger partial charge in [0.05, 0.1) is 11.6 Å². The fourth-order valence-electron chi connectivity index (χ4n) is 9.21. The number of rotatable bonds is 5. The van der Waals surface area contributed by atoms with Gasteiger partial charge in [0.2, 0.25) is 0 Å². The van der Waals surface area contributed by atoms with E-state index in [9.17, 15) is 5.26 Å². The lowest BCUT2D eigenvalue weighted by atomic mass is 9.48. The van der Waals surface area contributed by atoms with Crippen molar-refractivity contribution in [3.05, 3.63) is 126 Å². The van der Waals surface area contributed by atoms with Crippen LogP contribution in [-0.2, 0) is 5.41 Å². The van der Waals surface area contributed by atoms with Crippen LogP contribution in [0.3, 0.4) is 0 Å². The zero-order chi connectivity index (χ0) is 30.7.